The maximum absolute atomic E-state index is 11.6. The summed E-state index contributed by atoms with van der Waals surface area (Å²) in [4.78, 5) is 34.6. The first-order valence-electron chi connectivity index (χ1n) is 7.85. The smallest absolute Gasteiger partial charge is 0.271 e. The van der Waals surface area contributed by atoms with Crippen molar-refractivity contribution in [1.29, 1.82) is 0 Å². The maximum Gasteiger partial charge on any atom is 0.271 e. The topological polar surface area (TPSA) is 174 Å². The van der Waals surface area contributed by atoms with E-state index in [4.69, 9.17) is 17.2 Å². The second-order valence-corrected chi connectivity index (χ2v) is 5.35. The van der Waals surface area contributed by atoms with Crippen molar-refractivity contribution in [2.45, 2.75) is 0 Å². The van der Waals surface area contributed by atoms with E-state index in [1.54, 1.807) is 25.4 Å². The van der Waals surface area contributed by atoms with Gasteiger partial charge in [-0.05, 0) is 17.7 Å². The Morgan fingerprint density at radius 1 is 1.22 bits per heavy atom. The molecule has 2 aromatic rings. The molecule has 0 aliphatic rings. The molecule has 1 aromatic carbocycles. The van der Waals surface area contributed by atoms with Crippen molar-refractivity contribution >= 4 is 40.9 Å². The SMILES string of the molecule is CN=CC(=CN)c1ccc(Nc2nc(NCC(N)=O)cnc2C(N)=O)cc1. The van der Waals surface area contributed by atoms with Gasteiger partial charge < -0.3 is 27.8 Å². The zero-order valence-corrected chi connectivity index (χ0v) is 14.6. The van der Waals surface area contributed by atoms with Gasteiger partial charge in [0.1, 0.15) is 5.82 Å². The molecule has 0 unspecified atom stereocenters. The Morgan fingerprint density at radius 2 is 1.93 bits per heavy atom. The molecular formula is C17H20N8O2. The second kappa shape index (κ2) is 8.94. The number of nitrogens with two attached hydrogens (primary N) is 3. The van der Waals surface area contributed by atoms with Gasteiger partial charge in [-0.25, -0.2) is 9.97 Å². The largest absolute Gasteiger partial charge is 0.404 e. The van der Waals surface area contributed by atoms with E-state index >= 15 is 0 Å². The third-order valence-electron chi connectivity index (χ3n) is 3.38. The van der Waals surface area contributed by atoms with Crippen LogP contribution in [0.4, 0.5) is 17.3 Å². The van der Waals surface area contributed by atoms with Gasteiger partial charge in [-0.3, -0.25) is 14.6 Å². The molecule has 8 N–H and O–H groups in total. The molecule has 0 aliphatic carbocycles. The Morgan fingerprint density at radius 3 is 2.48 bits per heavy atom. The molecule has 2 amide bonds. The summed E-state index contributed by atoms with van der Waals surface area (Å²) >= 11 is 0. The summed E-state index contributed by atoms with van der Waals surface area (Å²) in [5.74, 6) is -0.879. The summed E-state index contributed by atoms with van der Waals surface area (Å²) in [6, 6.07) is 7.21. The van der Waals surface area contributed by atoms with E-state index in [0.717, 1.165) is 11.1 Å². The summed E-state index contributed by atoms with van der Waals surface area (Å²) < 4.78 is 0. The highest BCUT2D eigenvalue weighted by Crippen LogP contribution is 2.21. The molecule has 0 atom stereocenters. The van der Waals surface area contributed by atoms with Crippen LogP contribution in [0, 0.1) is 0 Å². The number of rotatable bonds is 8. The van der Waals surface area contributed by atoms with Crippen LogP contribution in [-0.4, -0.2) is 41.6 Å². The number of allylic oxidation sites excluding steroid dienone is 1. The highest BCUT2D eigenvalue weighted by molar-refractivity contribution is 6.09. The fourth-order valence-corrected chi connectivity index (χ4v) is 2.16. The minimum Gasteiger partial charge on any atom is -0.404 e. The molecule has 0 bridgehead atoms. The first kappa shape index (κ1) is 19.4. The quantitative estimate of drug-likeness (QED) is 0.414. The Kier molecular flexibility index (Phi) is 6.42. The second-order valence-electron chi connectivity index (χ2n) is 5.35. The summed E-state index contributed by atoms with van der Waals surface area (Å²) in [7, 11) is 1.66. The van der Waals surface area contributed by atoms with Gasteiger partial charge in [0.05, 0.1) is 12.7 Å². The Bertz CT molecular complexity index is 890. The Balaban J connectivity index is 2.27. The third-order valence-corrected chi connectivity index (χ3v) is 3.38. The third kappa shape index (κ3) is 5.26. The summed E-state index contributed by atoms with van der Waals surface area (Å²) in [5, 5.41) is 5.69. The summed E-state index contributed by atoms with van der Waals surface area (Å²) in [5.41, 5.74) is 18.3. The van der Waals surface area contributed by atoms with Crippen LogP contribution in [-0.2, 0) is 4.79 Å². The van der Waals surface area contributed by atoms with Crippen LogP contribution in [0.2, 0.25) is 0 Å². The van der Waals surface area contributed by atoms with Crippen molar-refractivity contribution in [3.05, 3.63) is 47.9 Å². The monoisotopic (exact) mass is 368 g/mol. The molecule has 10 nitrogen and oxygen atoms in total. The number of nitrogens with one attached hydrogen (secondary N) is 2. The molecule has 2 rings (SSSR count). The summed E-state index contributed by atoms with van der Waals surface area (Å²) in [6.45, 7) is -0.119. The predicted molar refractivity (Wildman–Crippen MR) is 105 cm³/mol. The van der Waals surface area contributed by atoms with Gasteiger partial charge in [0.15, 0.2) is 11.5 Å². The van der Waals surface area contributed by atoms with Gasteiger partial charge in [-0.15, -0.1) is 0 Å². The first-order chi connectivity index (χ1) is 12.9. The fourth-order valence-electron chi connectivity index (χ4n) is 2.16. The molecule has 1 aromatic heterocycles. The van der Waals surface area contributed by atoms with E-state index < -0.39 is 11.8 Å². The number of amides is 2. The maximum atomic E-state index is 11.6. The predicted octanol–water partition coefficient (Wildman–Crippen LogP) is 0.217. The van der Waals surface area contributed by atoms with Crippen molar-refractivity contribution in [2.75, 3.05) is 24.2 Å². The molecule has 1 heterocycles. The van der Waals surface area contributed by atoms with Gasteiger partial charge in [0.25, 0.3) is 5.91 Å². The van der Waals surface area contributed by atoms with Crippen LogP contribution in [0.5, 0.6) is 0 Å². The van der Waals surface area contributed by atoms with E-state index in [2.05, 4.69) is 25.6 Å². The standard InChI is InChI=1S/C17H20N8O2/c1-21-7-11(6-18)10-2-4-12(5-3-10)24-17-15(16(20)27)23-9-14(25-17)22-8-13(19)26/h2-7,9H,8,18H2,1H3,(H2,19,26)(H2,20,27)(H2,22,24,25). The molecule has 10 heteroatoms. The number of anilines is 3. The van der Waals surface area contributed by atoms with Crippen molar-refractivity contribution in [1.82, 2.24) is 9.97 Å². The average molecular weight is 368 g/mol. The lowest BCUT2D eigenvalue weighted by Crippen LogP contribution is -2.23. The normalized spacial score (nSPS) is 11.4. The lowest BCUT2D eigenvalue weighted by atomic mass is 10.1. The van der Waals surface area contributed by atoms with Crippen molar-refractivity contribution < 1.29 is 9.59 Å². The molecule has 27 heavy (non-hydrogen) atoms. The fraction of sp³-hybridized carbons (Fsp3) is 0.118. The lowest BCUT2D eigenvalue weighted by molar-refractivity contribution is -0.116. The Labute approximate surface area is 155 Å². The number of aliphatic imine (C=N–C) groups is 1. The zero-order valence-electron chi connectivity index (χ0n) is 14.6. The molecular weight excluding hydrogens is 348 g/mol. The average Bonchev–Trinajstić information content (AvgIpc) is 2.65. The number of benzene rings is 1. The van der Waals surface area contributed by atoms with Crippen molar-refractivity contribution in [3.63, 3.8) is 0 Å². The number of hydrogen-bond donors (Lipinski definition) is 5. The molecule has 0 fully saturated rings. The van der Waals surface area contributed by atoms with E-state index in [0.29, 0.717) is 5.69 Å². The lowest BCUT2D eigenvalue weighted by Gasteiger charge is -2.11. The van der Waals surface area contributed by atoms with Crippen molar-refractivity contribution in [3.8, 4) is 0 Å². The number of carbonyl (C=O) groups excluding carboxylic acids is 2. The molecule has 0 saturated heterocycles. The van der Waals surface area contributed by atoms with Crippen LogP contribution < -0.4 is 27.8 Å². The number of aromatic nitrogens is 2. The molecule has 0 saturated carbocycles. The highest BCUT2D eigenvalue weighted by Gasteiger charge is 2.13. The van der Waals surface area contributed by atoms with E-state index in [1.807, 2.05) is 12.1 Å². The van der Waals surface area contributed by atoms with Crippen LogP contribution in [0.25, 0.3) is 5.57 Å². The van der Waals surface area contributed by atoms with Crippen LogP contribution in [0.3, 0.4) is 0 Å². The van der Waals surface area contributed by atoms with Crippen LogP contribution >= 0.6 is 0 Å². The van der Waals surface area contributed by atoms with Crippen LogP contribution in [0.15, 0.2) is 41.7 Å². The van der Waals surface area contributed by atoms with Gasteiger partial charge in [0.2, 0.25) is 5.91 Å². The van der Waals surface area contributed by atoms with Crippen LogP contribution in [0.1, 0.15) is 16.1 Å². The number of nitrogens with zero attached hydrogens (tertiary/aromatic N) is 3. The molecule has 0 aliphatic heterocycles. The van der Waals surface area contributed by atoms with E-state index in [9.17, 15) is 9.59 Å². The molecule has 140 valence electrons. The minimum absolute atomic E-state index is 0.0376. The molecule has 0 spiro atoms. The highest BCUT2D eigenvalue weighted by atomic mass is 16.1. The van der Waals surface area contributed by atoms with Gasteiger partial charge in [-0.1, -0.05) is 12.1 Å². The number of primary amides is 2. The van der Waals surface area contributed by atoms with Crippen molar-refractivity contribution in [2.24, 2.45) is 22.2 Å². The van der Waals surface area contributed by atoms with Gasteiger partial charge in [0, 0.05) is 30.7 Å². The van der Waals surface area contributed by atoms with Gasteiger partial charge >= 0.3 is 0 Å². The first-order valence-corrected chi connectivity index (χ1v) is 7.85. The van der Waals surface area contributed by atoms with E-state index in [1.165, 1.54) is 12.4 Å². The van der Waals surface area contributed by atoms with Gasteiger partial charge in [-0.2, -0.15) is 0 Å². The summed E-state index contributed by atoms with van der Waals surface area (Å²) in [6.07, 6.45) is 4.40. The Hall–Kier alpha value is -3.95. The number of carbonyl (C=O) groups is 2. The zero-order chi connectivity index (χ0) is 19.8. The molecule has 0 radical (unpaired) electrons. The minimum atomic E-state index is -0.740. The number of hydrogen-bond acceptors (Lipinski definition) is 8. The van der Waals surface area contributed by atoms with E-state index in [-0.39, 0.29) is 23.9 Å².